The lowest BCUT2D eigenvalue weighted by atomic mass is 9.98. The van der Waals surface area contributed by atoms with Crippen LogP contribution < -0.4 is 21.3 Å². The molecule has 59 heavy (non-hydrogen) atoms. The molecule has 2 rings (SSSR count). The zero-order valence-corrected chi connectivity index (χ0v) is 37.0. The van der Waals surface area contributed by atoms with Crippen LogP contribution in [0.4, 0.5) is 0 Å². The van der Waals surface area contributed by atoms with Gasteiger partial charge in [-0.25, -0.2) is 0 Å². The lowest BCUT2D eigenvalue weighted by Crippen LogP contribution is -2.63. The summed E-state index contributed by atoms with van der Waals surface area (Å²) in [6, 6.07) is -1.46. The maximum Gasteiger partial charge on any atom is 0.222 e. The summed E-state index contributed by atoms with van der Waals surface area (Å²) >= 11 is 2.91. The third-order valence-corrected chi connectivity index (χ3v) is 12.8. The van der Waals surface area contributed by atoms with E-state index in [0.29, 0.717) is 51.2 Å². The second kappa shape index (κ2) is 30.7. The molecule has 2 fully saturated rings. The molecule has 0 aromatic rings. The summed E-state index contributed by atoms with van der Waals surface area (Å²) in [5.74, 6) is 0.931. The van der Waals surface area contributed by atoms with Crippen LogP contribution in [0.25, 0.3) is 0 Å². The van der Waals surface area contributed by atoms with Crippen LogP contribution in [0.3, 0.4) is 0 Å². The predicted molar refractivity (Wildman–Crippen MR) is 227 cm³/mol. The van der Waals surface area contributed by atoms with Gasteiger partial charge in [0, 0.05) is 59.3 Å². The van der Waals surface area contributed by atoms with Crippen molar-refractivity contribution in [3.63, 3.8) is 0 Å². The third kappa shape index (κ3) is 21.4. The first-order valence-electron chi connectivity index (χ1n) is 21.5. The zero-order chi connectivity index (χ0) is 43.6. The van der Waals surface area contributed by atoms with E-state index < -0.39 is 60.1 Å². The summed E-state index contributed by atoms with van der Waals surface area (Å²) in [6.07, 6.45) is 5.66. The van der Waals surface area contributed by atoms with Crippen LogP contribution >= 0.6 is 23.5 Å². The smallest absolute Gasteiger partial charge is 0.222 e. The van der Waals surface area contributed by atoms with Crippen molar-refractivity contribution in [3.8, 4) is 0 Å². The molecule has 2 saturated heterocycles. The number of nitrogens with zero attached hydrogens (tertiary/aromatic N) is 1. The predicted octanol–water partition coefficient (Wildman–Crippen LogP) is 0.912. The number of unbranched alkanes of at least 4 members (excludes halogenated alkanes) is 8. The standard InChI is InChI=1S/C40H73N5O12S2/c1-4-33(52)45(21-13-5-9-17-31(50)41-19-11-7-15-23-58-39-34(43-27(2)47)36(53)29(49)26-56-39)22-14-6-10-18-32(51)42-20-12-8-16-24-59-40-35(44-28(3)48)38(55)37(54)30(25-46)57-40/h29-30,34-40,46,49,53-55H,4-26H2,1-3H3,(H,41,50)(H,42,51)(H,43,47)(H,44,48)/t29-,30?,34?,35?,36-,37-,38+,39-,40-/m0/s1. The Labute approximate surface area is 358 Å². The number of carbonyl (C=O) groups is 5. The van der Waals surface area contributed by atoms with E-state index in [0.717, 1.165) is 82.8 Å². The van der Waals surface area contributed by atoms with Gasteiger partial charge in [-0.05, 0) is 62.9 Å². The SMILES string of the molecule is CCC(=O)N(CCCCCC(=O)NCCCCCS[C@@H]1OC[C@H](O)[C@H](O)C1NC(C)=O)CCCCCC(=O)NCCCCCS[C@@H]1OC(CO)[C@H](O)[C@H](O)C1NC(C)=O. The molecule has 0 saturated carbocycles. The molecule has 2 heterocycles. The molecule has 3 unspecified atom stereocenters. The molecule has 19 heteroatoms. The molecule has 0 bridgehead atoms. The average molecular weight is 880 g/mol. The van der Waals surface area contributed by atoms with Crippen molar-refractivity contribution >= 4 is 53.1 Å². The number of nitrogens with one attached hydrogen (secondary N) is 4. The van der Waals surface area contributed by atoms with Crippen molar-refractivity contribution in [2.24, 2.45) is 0 Å². The van der Waals surface area contributed by atoms with E-state index in [4.69, 9.17) is 9.47 Å². The highest BCUT2D eigenvalue weighted by molar-refractivity contribution is 8.00. The van der Waals surface area contributed by atoms with Gasteiger partial charge in [0.05, 0.1) is 25.3 Å². The van der Waals surface area contributed by atoms with Gasteiger partial charge in [0.15, 0.2) is 0 Å². The first-order chi connectivity index (χ1) is 28.3. The van der Waals surface area contributed by atoms with Gasteiger partial charge in [-0.2, -0.15) is 0 Å². The molecular weight excluding hydrogens is 807 g/mol. The van der Waals surface area contributed by atoms with Gasteiger partial charge >= 0.3 is 0 Å². The number of thioether (sulfide) groups is 2. The Bertz CT molecular complexity index is 1240. The molecule has 0 radical (unpaired) electrons. The van der Waals surface area contributed by atoms with Crippen molar-refractivity contribution in [3.05, 3.63) is 0 Å². The Hall–Kier alpha value is -2.23. The van der Waals surface area contributed by atoms with Crippen molar-refractivity contribution in [1.82, 2.24) is 26.2 Å². The van der Waals surface area contributed by atoms with Gasteiger partial charge in [0.1, 0.15) is 41.4 Å². The van der Waals surface area contributed by atoms with Gasteiger partial charge in [0.25, 0.3) is 0 Å². The first-order valence-corrected chi connectivity index (χ1v) is 23.6. The number of hydrogen-bond donors (Lipinski definition) is 9. The summed E-state index contributed by atoms with van der Waals surface area (Å²) in [5, 5.41) is 61.4. The lowest BCUT2D eigenvalue weighted by molar-refractivity contribution is -0.173. The number of ether oxygens (including phenoxy) is 2. The van der Waals surface area contributed by atoms with Gasteiger partial charge < -0.3 is 61.2 Å². The summed E-state index contributed by atoms with van der Waals surface area (Å²) in [6.45, 7) is 6.59. The van der Waals surface area contributed by atoms with Crippen molar-refractivity contribution in [2.45, 2.75) is 171 Å². The number of carbonyl (C=O) groups excluding carboxylic acids is 5. The fraction of sp³-hybridized carbons (Fsp3) is 0.875. The normalized spacial score (nSPS) is 25.5. The lowest BCUT2D eigenvalue weighted by Gasteiger charge is -2.42. The van der Waals surface area contributed by atoms with E-state index in [1.807, 2.05) is 11.8 Å². The summed E-state index contributed by atoms with van der Waals surface area (Å²) in [5.41, 5.74) is -1.04. The fourth-order valence-corrected chi connectivity index (χ4v) is 9.38. The van der Waals surface area contributed by atoms with Crippen LogP contribution in [-0.2, 0) is 33.4 Å². The number of aliphatic hydroxyl groups excluding tert-OH is 5. The van der Waals surface area contributed by atoms with E-state index in [1.165, 1.54) is 37.4 Å². The van der Waals surface area contributed by atoms with E-state index in [-0.39, 0.29) is 36.1 Å². The molecule has 9 atom stereocenters. The minimum Gasteiger partial charge on any atom is -0.394 e. The van der Waals surface area contributed by atoms with Crippen molar-refractivity contribution in [1.29, 1.82) is 0 Å². The van der Waals surface area contributed by atoms with Crippen LogP contribution in [-0.4, -0.2) is 164 Å². The van der Waals surface area contributed by atoms with Gasteiger partial charge in [0.2, 0.25) is 29.5 Å². The maximum absolute atomic E-state index is 12.5. The topological polar surface area (TPSA) is 256 Å². The number of aliphatic hydroxyl groups is 5. The number of amides is 5. The first kappa shape index (κ1) is 52.9. The Morgan fingerprint density at radius 3 is 1.63 bits per heavy atom. The Morgan fingerprint density at radius 2 is 1.14 bits per heavy atom. The Kier molecular flexibility index (Phi) is 27.6. The highest BCUT2D eigenvalue weighted by Crippen LogP contribution is 2.29. The molecule has 0 aromatic carbocycles. The molecular formula is C40H73N5O12S2. The second-order valence-corrected chi connectivity index (χ2v) is 17.7. The summed E-state index contributed by atoms with van der Waals surface area (Å²) in [4.78, 5) is 62.2. The zero-order valence-electron chi connectivity index (χ0n) is 35.3. The van der Waals surface area contributed by atoms with Crippen LogP contribution in [0.15, 0.2) is 0 Å². The molecule has 2 aliphatic heterocycles. The molecule has 0 aromatic heterocycles. The summed E-state index contributed by atoms with van der Waals surface area (Å²) in [7, 11) is 0. The van der Waals surface area contributed by atoms with Crippen molar-refractivity contribution in [2.75, 3.05) is 50.9 Å². The van der Waals surface area contributed by atoms with Gasteiger partial charge in [-0.15, -0.1) is 23.5 Å². The minimum atomic E-state index is -1.30. The van der Waals surface area contributed by atoms with Crippen LogP contribution in [0.5, 0.6) is 0 Å². The van der Waals surface area contributed by atoms with Crippen LogP contribution in [0.1, 0.15) is 117 Å². The van der Waals surface area contributed by atoms with Gasteiger partial charge in [-0.1, -0.05) is 32.6 Å². The number of rotatable bonds is 30. The highest BCUT2D eigenvalue weighted by Gasteiger charge is 2.45. The second-order valence-electron chi connectivity index (χ2n) is 15.3. The monoisotopic (exact) mass is 879 g/mol. The van der Waals surface area contributed by atoms with Crippen LogP contribution in [0, 0.1) is 0 Å². The highest BCUT2D eigenvalue weighted by atomic mass is 32.2. The van der Waals surface area contributed by atoms with E-state index in [2.05, 4.69) is 21.3 Å². The molecule has 342 valence electrons. The molecule has 9 N–H and O–H groups in total. The molecule has 17 nitrogen and oxygen atoms in total. The van der Waals surface area contributed by atoms with E-state index >= 15 is 0 Å². The maximum atomic E-state index is 12.5. The quantitative estimate of drug-likeness (QED) is 0.0455. The van der Waals surface area contributed by atoms with Crippen LogP contribution in [0.2, 0.25) is 0 Å². The van der Waals surface area contributed by atoms with E-state index in [9.17, 15) is 49.5 Å². The molecule has 0 aliphatic carbocycles. The average Bonchev–Trinajstić information content (AvgIpc) is 3.20. The Balaban J connectivity index is 1.47. The molecule has 0 spiro atoms. The summed E-state index contributed by atoms with van der Waals surface area (Å²) < 4.78 is 11.4. The largest absolute Gasteiger partial charge is 0.394 e. The third-order valence-electron chi connectivity index (χ3n) is 10.3. The molecule has 5 amide bonds. The van der Waals surface area contributed by atoms with Gasteiger partial charge in [-0.3, -0.25) is 24.0 Å². The Morgan fingerprint density at radius 1 is 0.644 bits per heavy atom. The fourth-order valence-electron chi connectivity index (χ4n) is 6.90. The number of hydrogen-bond acceptors (Lipinski definition) is 14. The minimum absolute atomic E-state index is 0.00432. The van der Waals surface area contributed by atoms with E-state index in [1.54, 1.807) is 0 Å². The molecule has 2 aliphatic rings. The van der Waals surface area contributed by atoms with Crippen molar-refractivity contribution < 1.29 is 59.0 Å².